The number of hydrogen-bond acceptors (Lipinski definition) is 3. The van der Waals surface area contributed by atoms with Crippen molar-refractivity contribution in [2.75, 3.05) is 12.8 Å². The predicted octanol–water partition coefficient (Wildman–Crippen LogP) is 3.09. The zero-order valence-electron chi connectivity index (χ0n) is 10.9. The molecule has 0 aliphatic heterocycles. The minimum absolute atomic E-state index is 0.126. The molecule has 0 aliphatic rings. The number of benzene rings is 2. The largest absolute Gasteiger partial charge is 0.398 e. The smallest absolute Gasteiger partial charge is 0.251 e. The Morgan fingerprint density at radius 2 is 1.89 bits per heavy atom. The monoisotopic (exact) mass is 272 g/mol. The molecule has 98 valence electrons. The number of hydrogen-bond donors (Lipinski definition) is 2. The molecule has 1 amide bonds. The first-order valence-corrected chi connectivity index (χ1v) is 6.78. The lowest BCUT2D eigenvalue weighted by Crippen LogP contribution is -2.17. The third kappa shape index (κ3) is 3.09. The summed E-state index contributed by atoms with van der Waals surface area (Å²) in [5, 5.41) is 2.59. The summed E-state index contributed by atoms with van der Waals surface area (Å²) in [4.78, 5) is 13.6. The fourth-order valence-corrected chi connectivity index (χ4v) is 2.64. The van der Waals surface area contributed by atoms with Crippen LogP contribution in [0.4, 0.5) is 5.69 Å². The average Bonchev–Trinajstić information content (AvgIpc) is 2.42. The van der Waals surface area contributed by atoms with E-state index >= 15 is 0 Å². The second-order valence-electron chi connectivity index (χ2n) is 4.20. The van der Waals surface area contributed by atoms with Gasteiger partial charge in [-0.2, -0.15) is 0 Å². The molecule has 0 saturated carbocycles. The zero-order valence-corrected chi connectivity index (χ0v) is 11.8. The van der Waals surface area contributed by atoms with E-state index in [2.05, 4.69) is 24.4 Å². The van der Waals surface area contributed by atoms with Gasteiger partial charge in [-0.15, -0.1) is 0 Å². The lowest BCUT2D eigenvalue weighted by atomic mass is 10.2. The summed E-state index contributed by atoms with van der Waals surface area (Å²) < 4.78 is 0. The Balaban J connectivity index is 2.27. The molecule has 0 bridgehead atoms. The van der Waals surface area contributed by atoms with Crippen LogP contribution in [0, 0.1) is 6.92 Å². The molecule has 2 rings (SSSR count). The van der Waals surface area contributed by atoms with E-state index in [4.69, 9.17) is 5.73 Å². The highest BCUT2D eigenvalue weighted by Crippen LogP contribution is 2.34. The summed E-state index contributed by atoms with van der Waals surface area (Å²) in [6.07, 6.45) is 0. The van der Waals surface area contributed by atoms with Crippen LogP contribution in [0.25, 0.3) is 0 Å². The van der Waals surface area contributed by atoms with Gasteiger partial charge in [-0.3, -0.25) is 4.79 Å². The van der Waals surface area contributed by atoms with Crippen molar-refractivity contribution in [2.24, 2.45) is 0 Å². The first-order chi connectivity index (χ1) is 9.11. The molecule has 0 radical (unpaired) electrons. The van der Waals surface area contributed by atoms with E-state index in [0.29, 0.717) is 11.3 Å². The molecule has 0 atom stereocenters. The molecular formula is C15H16N2OS. The summed E-state index contributed by atoms with van der Waals surface area (Å²) >= 11 is 1.61. The summed E-state index contributed by atoms with van der Waals surface area (Å²) in [5.41, 5.74) is 8.42. The molecule has 4 heteroatoms. The topological polar surface area (TPSA) is 55.1 Å². The van der Waals surface area contributed by atoms with Crippen molar-refractivity contribution < 1.29 is 4.79 Å². The van der Waals surface area contributed by atoms with Gasteiger partial charge in [0.1, 0.15) is 0 Å². The van der Waals surface area contributed by atoms with E-state index in [1.54, 1.807) is 30.9 Å². The van der Waals surface area contributed by atoms with Crippen molar-refractivity contribution in [3.8, 4) is 0 Å². The van der Waals surface area contributed by atoms with Gasteiger partial charge in [0, 0.05) is 28.1 Å². The van der Waals surface area contributed by atoms with Crippen molar-refractivity contribution in [3.63, 3.8) is 0 Å². The average molecular weight is 272 g/mol. The summed E-state index contributed by atoms with van der Waals surface area (Å²) in [5.74, 6) is -0.126. The summed E-state index contributed by atoms with van der Waals surface area (Å²) in [7, 11) is 1.61. The van der Waals surface area contributed by atoms with Crippen LogP contribution in [-0.2, 0) is 0 Å². The number of nitrogens with one attached hydrogen (secondary N) is 1. The standard InChI is InChI=1S/C15H16N2OS/c1-10-5-3-4-6-13(10)19-14-8-7-11(9-12(14)16)15(18)17-2/h3-9H,16H2,1-2H3,(H,17,18). The molecule has 2 aromatic carbocycles. The Hall–Kier alpha value is -1.94. The molecule has 3 N–H and O–H groups in total. The minimum atomic E-state index is -0.126. The maximum atomic E-state index is 11.5. The van der Waals surface area contributed by atoms with E-state index in [-0.39, 0.29) is 5.91 Å². The summed E-state index contributed by atoms with van der Waals surface area (Å²) in [6, 6.07) is 13.5. The molecule has 3 nitrogen and oxygen atoms in total. The van der Waals surface area contributed by atoms with Crippen molar-refractivity contribution in [1.82, 2.24) is 5.32 Å². The molecule has 0 fully saturated rings. The van der Waals surface area contributed by atoms with E-state index in [0.717, 1.165) is 4.90 Å². The van der Waals surface area contributed by atoms with Gasteiger partial charge in [0.15, 0.2) is 0 Å². The lowest BCUT2D eigenvalue weighted by Gasteiger charge is -2.09. The van der Waals surface area contributed by atoms with Crippen LogP contribution in [0.5, 0.6) is 0 Å². The predicted molar refractivity (Wildman–Crippen MR) is 79.5 cm³/mol. The second kappa shape index (κ2) is 5.80. The quantitative estimate of drug-likeness (QED) is 0.844. The van der Waals surface area contributed by atoms with Crippen LogP contribution >= 0.6 is 11.8 Å². The maximum absolute atomic E-state index is 11.5. The van der Waals surface area contributed by atoms with Crippen molar-refractivity contribution in [1.29, 1.82) is 0 Å². The molecule has 0 spiro atoms. The minimum Gasteiger partial charge on any atom is -0.398 e. The maximum Gasteiger partial charge on any atom is 0.251 e. The highest BCUT2D eigenvalue weighted by Gasteiger charge is 2.08. The van der Waals surface area contributed by atoms with Gasteiger partial charge in [0.05, 0.1) is 0 Å². The highest BCUT2D eigenvalue weighted by atomic mass is 32.2. The van der Waals surface area contributed by atoms with Crippen LogP contribution in [-0.4, -0.2) is 13.0 Å². The summed E-state index contributed by atoms with van der Waals surface area (Å²) in [6.45, 7) is 2.07. The van der Waals surface area contributed by atoms with Gasteiger partial charge in [0.25, 0.3) is 5.91 Å². The van der Waals surface area contributed by atoms with E-state index in [9.17, 15) is 4.79 Å². The van der Waals surface area contributed by atoms with Crippen LogP contribution in [0.3, 0.4) is 0 Å². The molecule has 0 saturated heterocycles. The van der Waals surface area contributed by atoms with Crippen molar-refractivity contribution >= 4 is 23.4 Å². The number of anilines is 1. The van der Waals surface area contributed by atoms with E-state index in [1.165, 1.54) is 10.5 Å². The second-order valence-corrected chi connectivity index (χ2v) is 5.28. The molecular weight excluding hydrogens is 256 g/mol. The Morgan fingerprint density at radius 1 is 1.16 bits per heavy atom. The molecule has 2 aromatic rings. The normalized spacial score (nSPS) is 10.2. The Morgan fingerprint density at radius 3 is 2.53 bits per heavy atom. The van der Waals surface area contributed by atoms with E-state index in [1.807, 2.05) is 18.2 Å². The number of rotatable bonds is 3. The fourth-order valence-electron chi connectivity index (χ4n) is 1.72. The number of amides is 1. The zero-order chi connectivity index (χ0) is 13.8. The van der Waals surface area contributed by atoms with Crippen molar-refractivity contribution in [2.45, 2.75) is 16.7 Å². The first kappa shape index (κ1) is 13.5. The highest BCUT2D eigenvalue weighted by molar-refractivity contribution is 7.99. The van der Waals surface area contributed by atoms with Gasteiger partial charge < -0.3 is 11.1 Å². The molecule has 0 aromatic heterocycles. The molecule has 0 unspecified atom stereocenters. The third-order valence-corrected chi connectivity index (χ3v) is 4.08. The number of nitrogens with two attached hydrogens (primary N) is 1. The number of aryl methyl sites for hydroxylation is 1. The first-order valence-electron chi connectivity index (χ1n) is 5.97. The van der Waals surface area contributed by atoms with Gasteiger partial charge >= 0.3 is 0 Å². The molecule has 0 heterocycles. The number of nitrogen functional groups attached to an aromatic ring is 1. The van der Waals surface area contributed by atoms with Gasteiger partial charge in [-0.25, -0.2) is 0 Å². The van der Waals surface area contributed by atoms with Crippen molar-refractivity contribution in [3.05, 3.63) is 53.6 Å². The lowest BCUT2D eigenvalue weighted by molar-refractivity contribution is 0.0963. The Bertz CT molecular complexity index is 611. The fraction of sp³-hybridized carbons (Fsp3) is 0.133. The van der Waals surface area contributed by atoms with Gasteiger partial charge in [0.2, 0.25) is 0 Å². The van der Waals surface area contributed by atoms with Crippen LogP contribution < -0.4 is 11.1 Å². The van der Waals surface area contributed by atoms with Gasteiger partial charge in [-0.1, -0.05) is 30.0 Å². The van der Waals surface area contributed by atoms with E-state index < -0.39 is 0 Å². The number of carbonyl (C=O) groups excluding carboxylic acids is 1. The number of carbonyl (C=O) groups is 1. The molecule has 19 heavy (non-hydrogen) atoms. The van der Waals surface area contributed by atoms with Crippen LogP contribution in [0.2, 0.25) is 0 Å². The van der Waals surface area contributed by atoms with Crippen LogP contribution in [0.1, 0.15) is 15.9 Å². The third-order valence-electron chi connectivity index (χ3n) is 2.81. The Kier molecular flexibility index (Phi) is 4.12. The SMILES string of the molecule is CNC(=O)c1ccc(Sc2ccccc2C)c(N)c1. The van der Waals surface area contributed by atoms with Crippen LogP contribution in [0.15, 0.2) is 52.3 Å². The van der Waals surface area contributed by atoms with Gasteiger partial charge in [-0.05, 0) is 36.8 Å². The molecule has 0 aliphatic carbocycles. The Labute approximate surface area is 117 Å².